The monoisotopic (exact) mass is 463 g/mol. The number of amides is 2. The van der Waals surface area contributed by atoms with Gasteiger partial charge in [-0.3, -0.25) is 9.59 Å². The Bertz CT molecular complexity index is 1160. The van der Waals surface area contributed by atoms with Crippen molar-refractivity contribution in [2.45, 2.75) is 19.9 Å². The molecule has 34 heavy (non-hydrogen) atoms. The highest BCUT2D eigenvalue weighted by atomic mass is 16.5. The highest BCUT2D eigenvalue weighted by molar-refractivity contribution is 5.91. The molecule has 9 nitrogen and oxygen atoms in total. The number of hydrazone groups is 1. The Morgan fingerprint density at radius 3 is 2.62 bits per heavy atom. The van der Waals surface area contributed by atoms with Crippen LogP contribution in [0.25, 0.3) is 11.3 Å². The number of ether oxygens (including phenoxy) is 2. The average molecular weight is 463 g/mol. The molecular weight excluding hydrogens is 438 g/mol. The lowest BCUT2D eigenvalue weighted by Crippen LogP contribution is -2.45. The van der Waals surface area contributed by atoms with Crippen LogP contribution < -0.4 is 15.5 Å². The van der Waals surface area contributed by atoms with Gasteiger partial charge < -0.3 is 19.2 Å². The van der Waals surface area contributed by atoms with E-state index in [9.17, 15) is 14.4 Å². The van der Waals surface area contributed by atoms with E-state index in [1.807, 2.05) is 6.07 Å². The predicted molar refractivity (Wildman–Crippen MR) is 125 cm³/mol. The van der Waals surface area contributed by atoms with Crippen LogP contribution in [0.3, 0.4) is 0 Å². The number of esters is 1. The summed E-state index contributed by atoms with van der Waals surface area (Å²) in [6.07, 6.45) is 1.34. The van der Waals surface area contributed by atoms with Gasteiger partial charge in [-0.15, -0.1) is 0 Å². The molecule has 176 valence electrons. The number of benzene rings is 2. The van der Waals surface area contributed by atoms with E-state index in [2.05, 4.69) is 15.8 Å². The maximum absolute atomic E-state index is 12.2. The topological polar surface area (TPSA) is 119 Å². The number of hydrogen-bond acceptors (Lipinski definition) is 7. The van der Waals surface area contributed by atoms with Crippen molar-refractivity contribution in [3.63, 3.8) is 0 Å². The maximum Gasteiger partial charge on any atom is 0.338 e. The average Bonchev–Trinajstić information content (AvgIpc) is 3.32. The van der Waals surface area contributed by atoms with Crippen molar-refractivity contribution in [1.29, 1.82) is 0 Å². The highest BCUT2D eigenvalue weighted by Gasteiger charge is 2.15. The van der Waals surface area contributed by atoms with Crippen molar-refractivity contribution in [3.8, 4) is 17.1 Å². The van der Waals surface area contributed by atoms with E-state index in [4.69, 9.17) is 13.9 Å². The van der Waals surface area contributed by atoms with E-state index >= 15 is 0 Å². The van der Waals surface area contributed by atoms with Crippen LogP contribution in [-0.2, 0) is 14.3 Å². The maximum atomic E-state index is 12.2. The van der Waals surface area contributed by atoms with Crippen LogP contribution in [0.5, 0.6) is 5.75 Å². The van der Waals surface area contributed by atoms with Gasteiger partial charge in [0.05, 0.1) is 18.4 Å². The van der Waals surface area contributed by atoms with Crippen molar-refractivity contribution in [1.82, 2.24) is 10.7 Å². The van der Waals surface area contributed by atoms with Gasteiger partial charge in [-0.05, 0) is 50.2 Å². The zero-order chi connectivity index (χ0) is 24.3. The minimum atomic E-state index is -0.818. The van der Waals surface area contributed by atoms with Gasteiger partial charge in [0, 0.05) is 5.56 Å². The number of carbonyl (C=O) groups excluding carboxylic acids is 3. The molecule has 0 spiro atoms. The van der Waals surface area contributed by atoms with Crippen LogP contribution in [0.1, 0.15) is 30.0 Å². The lowest BCUT2D eigenvalue weighted by molar-refractivity contribution is -0.129. The van der Waals surface area contributed by atoms with Gasteiger partial charge in [0.2, 0.25) is 0 Å². The van der Waals surface area contributed by atoms with E-state index in [1.165, 1.54) is 13.1 Å². The first-order valence-corrected chi connectivity index (χ1v) is 10.6. The van der Waals surface area contributed by atoms with Gasteiger partial charge in [0.15, 0.2) is 6.61 Å². The fraction of sp³-hybridized carbons (Fsp3) is 0.200. The molecule has 1 heterocycles. The smallest absolute Gasteiger partial charge is 0.338 e. The van der Waals surface area contributed by atoms with Gasteiger partial charge in [-0.2, -0.15) is 5.10 Å². The van der Waals surface area contributed by atoms with Gasteiger partial charge in [0.1, 0.15) is 23.3 Å². The molecule has 1 aromatic heterocycles. The molecule has 2 N–H and O–H groups in total. The normalized spacial score (nSPS) is 11.6. The van der Waals surface area contributed by atoms with Crippen molar-refractivity contribution >= 4 is 24.0 Å². The van der Waals surface area contributed by atoms with E-state index in [0.717, 1.165) is 0 Å². The molecule has 0 saturated carbocycles. The third-order valence-electron chi connectivity index (χ3n) is 4.54. The lowest BCUT2D eigenvalue weighted by Gasteiger charge is -2.12. The Balaban J connectivity index is 1.49. The van der Waals surface area contributed by atoms with Gasteiger partial charge >= 0.3 is 5.97 Å². The molecule has 0 radical (unpaired) electrons. The Labute approximate surface area is 196 Å². The van der Waals surface area contributed by atoms with E-state index < -0.39 is 23.8 Å². The van der Waals surface area contributed by atoms with Crippen LogP contribution in [0, 0.1) is 0 Å². The summed E-state index contributed by atoms with van der Waals surface area (Å²) in [5, 5.41) is 6.40. The minimum absolute atomic E-state index is 0.211. The quantitative estimate of drug-likeness (QED) is 0.271. The predicted octanol–water partition coefficient (Wildman–Crippen LogP) is 3.16. The second-order valence-electron chi connectivity index (χ2n) is 7.13. The van der Waals surface area contributed by atoms with Crippen molar-refractivity contribution in [3.05, 3.63) is 78.1 Å². The molecule has 0 saturated heterocycles. The molecular formula is C25H25N3O6. The summed E-state index contributed by atoms with van der Waals surface area (Å²) < 4.78 is 16.1. The Hall–Kier alpha value is -4.40. The fourth-order valence-corrected chi connectivity index (χ4v) is 2.86. The number of nitrogens with one attached hydrogen (secondary N) is 2. The molecule has 0 bridgehead atoms. The number of para-hydroxylation sites is 1. The fourth-order valence-electron chi connectivity index (χ4n) is 2.86. The summed E-state index contributed by atoms with van der Waals surface area (Å²) in [6, 6.07) is 18.3. The standard InChI is InChI=1S/C25H25N3O6/c1-3-32-25(31)19-9-7-8-18(14-19)22-13-12-21(34-22)15-26-28-24(30)17(2)27-23(29)16-33-20-10-5-4-6-11-20/h4-15,17H,3,16H2,1-2H3,(H,27,29)(H,28,30)/b26-15-/t17-/m0/s1. The van der Waals surface area contributed by atoms with Crippen LogP contribution in [-0.4, -0.2) is 43.3 Å². The largest absolute Gasteiger partial charge is 0.484 e. The lowest BCUT2D eigenvalue weighted by atomic mass is 10.1. The number of furan rings is 1. The van der Waals surface area contributed by atoms with E-state index in [1.54, 1.807) is 67.6 Å². The summed E-state index contributed by atoms with van der Waals surface area (Å²) in [6.45, 7) is 3.36. The van der Waals surface area contributed by atoms with Gasteiger partial charge in [-0.1, -0.05) is 30.3 Å². The molecule has 0 fully saturated rings. The molecule has 1 atom stereocenters. The number of rotatable bonds is 10. The zero-order valence-electron chi connectivity index (χ0n) is 18.8. The van der Waals surface area contributed by atoms with Crippen LogP contribution in [0.2, 0.25) is 0 Å². The Kier molecular flexibility index (Phi) is 8.56. The summed E-state index contributed by atoms with van der Waals surface area (Å²) in [4.78, 5) is 36.1. The van der Waals surface area contributed by atoms with Crippen LogP contribution in [0.15, 0.2) is 76.2 Å². The van der Waals surface area contributed by atoms with Gasteiger partial charge in [-0.25, -0.2) is 10.2 Å². The molecule has 2 aromatic carbocycles. The third-order valence-corrected chi connectivity index (χ3v) is 4.54. The second-order valence-corrected chi connectivity index (χ2v) is 7.13. The molecule has 3 aromatic rings. The van der Waals surface area contributed by atoms with Crippen LogP contribution in [0.4, 0.5) is 0 Å². The van der Waals surface area contributed by atoms with Crippen molar-refractivity contribution in [2.24, 2.45) is 5.10 Å². The second kappa shape index (κ2) is 12.0. The Morgan fingerprint density at radius 1 is 1.06 bits per heavy atom. The SMILES string of the molecule is CCOC(=O)c1cccc(-c2ccc(/C=N\NC(=O)[C@H](C)NC(=O)COc3ccccc3)o2)c1. The number of hydrogen-bond donors (Lipinski definition) is 2. The first kappa shape index (κ1) is 24.2. The molecule has 3 rings (SSSR count). The Morgan fingerprint density at radius 2 is 1.85 bits per heavy atom. The summed E-state index contributed by atoms with van der Waals surface area (Å²) >= 11 is 0. The van der Waals surface area contributed by atoms with E-state index in [0.29, 0.717) is 35.0 Å². The summed E-state index contributed by atoms with van der Waals surface area (Å²) in [7, 11) is 0. The van der Waals surface area contributed by atoms with Gasteiger partial charge in [0.25, 0.3) is 11.8 Å². The number of carbonyl (C=O) groups is 3. The molecule has 2 amide bonds. The summed E-state index contributed by atoms with van der Waals surface area (Å²) in [5.74, 6) is 0.134. The molecule has 0 unspecified atom stereocenters. The summed E-state index contributed by atoms with van der Waals surface area (Å²) in [5.41, 5.74) is 3.47. The first-order chi connectivity index (χ1) is 16.5. The van der Waals surface area contributed by atoms with Crippen molar-refractivity contribution < 1.29 is 28.3 Å². The van der Waals surface area contributed by atoms with Crippen molar-refractivity contribution in [2.75, 3.05) is 13.2 Å². The van der Waals surface area contributed by atoms with E-state index in [-0.39, 0.29) is 6.61 Å². The highest BCUT2D eigenvalue weighted by Crippen LogP contribution is 2.23. The minimum Gasteiger partial charge on any atom is -0.484 e. The molecule has 9 heteroatoms. The third kappa shape index (κ3) is 7.06. The molecule has 0 aliphatic rings. The molecule has 0 aliphatic carbocycles. The number of nitrogens with zero attached hydrogens (tertiary/aromatic N) is 1. The molecule has 0 aliphatic heterocycles. The first-order valence-electron chi connectivity index (χ1n) is 10.6. The van der Waals surface area contributed by atoms with Crippen LogP contribution >= 0.6 is 0 Å². The zero-order valence-corrected chi connectivity index (χ0v) is 18.8.